The van der Waals surface area contributed by atoms with Crippen molar-refractivity contribution in [2.24, 2.45) is 0 Å². The highest BCUT2D eigenvalue weighted by atomic mass is 32.2. The number of anilines is 1. The van der Waals surface area contributed by atoms with E-state index in [1.54, 1.807) is 16.4 Å². The lowest BCUT2D eigenvalue weighted by molar-refractivity contribution is -0.118. The van der Waals surface area contributed by atoms with Crippen LogP contribution in [-0.4, -0.2) is 38.5 Å². The Balaban J connectivity index is 1.38. The fourth-order valence-electron chi connectivity index (χ4n) is 5.25. The van der Waals surface area contributed by atoms with Crippen LogP contribution in [0.5, 0.6) is 11.5 Å². The first-order valence-electron chi connectivity index (χ1n) is 13.8. The second-order valence-electron chi connectivity index (χ2n) is 10.3. The molecule has 0 bridgehead atoms. The number of carbonyl (C=O) groups excluding carboxylic acids is 1. The second kappa shape index (κ2) is 11.0. The number of fused-ring (bicyclic) bond motifs is 1. The van der Waals surface area contributed by atoms with E-state index in [1.807, 2.05) is 62.4 Å². The predicted octanol–water partition coefficient (Wildman–Crippen LogP) is 6.13. The third kappa shape index (κ3) is 5.28. The molecule has 5 rings (SSSR count). The monoisotopic (exact) mass is 548 g/mol. The fourth-order valence-corrected chi connectivity index (χ4v) is 6.88. The molecule has 1 N–H and O–H groups in total. The van der Waals surface area contributed by atoms with Gasteiger partial charge in [-0.3, -0.25) is 4.79 Å². The van der Waals surface area contributed by atoms with E-state index in [0.717, 1.165) is 54.4 Å². The van der Waals surface area contributed by atoms with E-state index in [1.165, 1.54) is 0 Å². The van der Waals surface area contributed by atoms with Gasteiger partial charge >= 0.3 is 0 Å². The molecule has 1 saturated carbocycles. The van der Waals surface area contributed by atoms with Crippen molar-refractivity contribution in [1.82, 2.24) is 4.31 Å². The SMILES string of the molecule is CCCN(CCC)S(=O)(=O)c1ccc(-c2cc(NC(=O)C3(c4ccc5c(c4)OCO5)CC3)ccc2CC)cc1. The summed E-state index contributed by atoms with van der Waals surface area (Å²) in [5.41, 5.74) is 4.10. The Morgan fingerprint density at radius 2 is 1.59 bits per heavy atom. The summed E-state index contributed by atoms with van der Waals surface area (Å²) in [4.78, 5) is 13.8. The number of benzene rings is 3. The average Bonchev–Trinajstić information content (AvgIpc) is 3.63. The van der Waals surface area contributed by atoms with E-state index in [-0.39, 0.29) is 12.7 Å². The lowest BCUT2D eigenvalue weighted by atomic mass is 9.93. The molecule has 1 aliphatic carbocycles. The van der Waals surface area contributed by atoms with Crippen LogP contribution in [0.2, 0.25) is 0 Å². The van der Waals surface area contributed by atoms with Crippen molar-refractivity contribution in [2.45, 2.75) is 63.2 Å². The Kier molecular flexibility index (Phi) is 7.69. The topological polar surface area (TPSA) is 84.9 Å². The van der Waals surface area contributed by atoms with Crippen LogP contribution in [0.15, 0.2) is 65.6 Å². The van der Waals surface area contributed by atoms with Gasteiger partial charge in [0.15, 0.2) is 11.5 Å². The zero-order valence-electron chi connectivity index (χ0n) is 22.8. The van der Waals surface area contributed by atoms with Gasteiger partial charge in [0.1, 0.15) is 0 Å². The first kappa shape index (κ1) is 27.2. The van der Waals surface area contributed by atoms with E-state index in [4.69, 9.17) is 9.47 Å². The number of aryl methyl sites for hydroxylation is 1. The normalized spacial score (nSPS) is 15.4. The molecule has 2 aliphatic rings. The Hall–Kier alpha value is -3.36. The van der Waals surface area contributed by atoms with Gasteiger partial charge < -0.3 is 14.8 Å². The smallest absolute Gasteiger partial charge is 0.243 e. The van der Waals surface area contributed by atoms with Crippen molar-refractivity contribution in [1.29, 1.82) is 0 Å². The van der Waals surface area contributed by atoms with Crippen molar-refractivity contribution in [2.75, 3.05) is 25.2 Å². The summed E-state index contributed by atoms with van der Waals surface area (Å²) in [5.74, 6) is 1.35. The largest absolute Gasteiger partial charge is 0.454 e. The maximum atomic E-state index is 13.5. The molecule has 206 valence electrons. The van der Waals surface area contributed by atoms with Gasteiger partial charge in [-0.1, -0.05) is 45.0 Å². The highest BCUT2D eigenvalue weighted by molar-refractivity contribution is 7.89. The fraction of sp³-hybridized carbons (Fsp3) is 0.387. The first-order valence-corrected chi connectivity index (χ1v) is 15.2. The molecular weight excluding hydrogens is 512 g/mol. The lowest BCUT2D eigenvalue weighted by Crippen LogP contribution is -2.32. The highest BCUT2D eigenvalue weighted by Gasteiger charge is 2.51. The van der Waals surface area contributed by atoms with Crippen molar-refractivity contribution in [3.63, 3.8) is 0 Å². The van der Waals surface area contributed by atoms with E-state index < -0.39 is 15.4 Å². The van der Waals surface area contributed by atoms with Crippen LogP contribution in [0.4, 0.5) is 5.69 Å². The van der Waals surface area contributed by atoms with Gasteiger partial charge in [0, 0.05) is 18.8 Å². The molecule has 0 radical (unpaired) electrons. The zero-order chi connectivity index (χ0) is 27.6. The molecule has 8 heteroatoms. The molecule has 7 nitrogen and oxygen atoms in total. The third-order valence-corrected chi connectivity index (χ3v) is 9.52. The van der Waals surface area contributed by atoms with Crippen molar-refractivity contribution < 1.29 is 22.7 Å². The van der Waals surface area contributed by atoms with Crippen LogP contribution >= 0.6 is 0 Å². The molecule has 3 aromatic rings. The molecule has 0 aromatic heterocycles. The van der Waals surface area contributed by atoms with E-state index >= 15 is 0 Å². The van der Waals surface area contributed by atoms with Gasteiger partial charge in [0.05, 0.1) is 10.3 Å². The van der Waals surface area contributed by atoms with E-state index in [0.29, 0.717) is 35.2 Å². The molecule has 1 heterocycles. The summed E-state index contributed by atoms with van der Waals surface area (Å²) in [5, 5.41) is 3.14. The Bertz CT molecular complexity index is 1460. The quantitative estimate of drug-likeness (QED) is 0.312. The van der Waals surface area contributed by atoms with Gasteiger partial charge in [0.25, 0.3) is 0 Å². The number of ether oxygens (including phenoxy) is 2. The number of rotatable bonds is 11. The molecule has 0 unspecified atom stereocenters. The minimum absolute atomic E-state index is 0.0371. The van der Waals surface area contributed by atoms with Gasteiger partial charge in [-0.2, -0.15) is 4.31 Å². The molecule has 1 aliphatic heterocycles. The molecular formula is C31H36N2O5S. The number of nitrogens with zero attached hydrogens (tertiary/aromatic N) is 1. The van der Waals surface area contributed by atoms with Crippen LogP contribution in [-0.2, 0) is 26.7 Å². The number of carbonyl (C=O) groups is 1. The second-order valence-corrected chi connectivity index (χ2v) is 12.2. The molecule has 1 amide bonds. The Morgan fingerprint density at radius 1 is 0.897 bits per heavy atom. The molecule has 0 saturated heterocycles. The molecule has 0 atom stereocenters. The summed E-state index contributed by atoms with van der Waals surface area (Å²) in [6, 6.07) is 18.8. The first-order chi connectivity index (χ1) is 18.8. The van der Waals surface area contributed by atoms with Crippen LogP contribution in [0, 0.1) is 0 Å². The van der Waals surface area contributed by atoms with Gasteiger partial charge in [0.2, 0.25) is 22.7 Å². The number of amides is 1. The minimum Gasteiger partial charge on any atom is -0.454 e. The van der Waals surface area contributed by atoms with Crippen molar-refractivity contribution in [3.05, 3.63) is 71.8 Å². The summed E-state index contributed by atoms with van der Waals surface area (Å²) in [6.07, 6.45) is 3.91. The molecule has 39 heavy (non-hydrogen) atoms. The standard InChI is InChI=1S/C31H36N2O5S/c1-4-17-33(18-5-2)39(35,36)26-12-8-23(9-13-26)27-20-25(11-7-22(27)6-3)32-30(34)31(15-16-31)24-10-14-28-29(19-24)38-21-37-28/h7-14,19-20H,4-6,15-18,21H2,1-3H3,(H,32,34). The molecule has 0 spiro atoms. The number of nitrogens with one attached hydrogen (secondary N) is 1. The van der Waals surface area contributed by atoms with Crippen LogP contribution in [0.3, 0.4) is 0 Å². The summed E-state index contributed by atoms with van der Waals surface area (Å²) >= 11 is 0. The summed E-state index contributed by atoms with van der Waals surface area (Å²) < 4.78 is 38.9. The minimum atomic E-state index is -3.54. The lowest BCUT2D eigenvalue weighted by Gasteiger charge is -2.21. The van der Waals surface area contributed by atoms with E-state index in [2.05, 4.69) is 12.2 Å². The van der Waals surface area contributed by atoms with Gasteiger partial charge in [-0.15, -0.1) is 0 Å². The number of hydrogen-bond acceptors (Lipinski definition) is 5. The Labute approximate surface area is 231 Å². The predicted molar refractivity (Wildman–Crippen MR) is 153 cm³/mol. The Morgan fingerprint density at radius 3 is 2.23 bits per heavy atom. The third-order valence-electron chi connectivity index (χ3n) is 7.61. The zero-order valence-corrected chi connectivity index (χ0v) is 23.6. The number of hydrogen-bond donors (Lipinski definition) is 1. The maximum absolute atomic E-state index is 13.5. The average molecular weight is 549 g/mol. The van der Waals surface area contributed by atoms with E-state index in [9.17, 15) is 13.2 Å². The van der Waals surface area contributed by atoms with Crippen molar-refractivity contribution in [3.8, 4) is 22.6 Å². The summed E-state index contributed by atoms with van der Waals surface area (Å²) in [7, 11) is -3.54. The van der Waals surface area contributed by atoms with Crippen LogP contribution in [0.25, 0.3) is 11.1 Å². The highest BCUT2D eigenvalue weighted by Crippen LogP contribution is 2.51. The molecule has 1 fully saturated rings. The number of sulfonamides is 1. The van der Waals surface area contributed by atoms with Crippen LogP contribution < -0.4 is 14.8 Å². The molecule has 3 aromatic carbocycles. The van der Waals surface area contributed by atoms with Crippen molar-refractivity contribution >= 4 is 21.6 Å². The maximum Gasteiger partial charge on any atom is 0.243 e. The summed E-state index contributed by atoms with van der Waals surface area (Å²) in [6.45, 7) is 7.27. The van der Waals surface area contributed by atoms with Crippen LogP contribution in [0.1, 0.15) is 57.6 Å². The van der Waals surface area contributed by atoms with Gasteiger partial charge in [-0.05, 0) is 90.8 Å². The van der Waals surface area contributed by atoms with Gasteiger partial charge in [-0.25, -0.2) is 8.42 Å².